The van der Waals surface area contributed by atoms with Gasteiger partial charge in [0.2, 0.25) is 0 Å². The van der Waals surface area contributed by atoms with Crippen molar-refractivity contribution in [2.45, 2.75) is 44.2 Å². The van der Waals surface area contributed by atoms with E-state index in [-0.39, 0.29) is 12.6 Å². The second-order valence-electron chi connectivity index (χ2n) is 5.34. The molecule has 1 aliphatic carbocycles. The van der Waals surface area contributed by atoms with Crippen LogP contribution in [0.5, 0.6) is 11.5 Å². The van der Waals surface area contributed by atoms with Gasteiger partial charge in [0.1, 0.15) is 11.5 Å². The summed E-state index contributed by atoms with van der Waals surface area (Å²) in [4.78, 5) is 0. The molecule has 0 saturated heterocycles. The van der Waals surface area contributed by atoms with E-state index in [0.717, 1.165) is 17.1 Å². The number of ether oxygens (including phenoxy) is 2. The van der Waals surface area contributed by atoms with Crippen LogP contribution in [0.15, 0.2) is 18.2 Å². The lowest BCUT2D eigenvalue weighted by Crippen LogP contribution is -2.36. The zero-order valence-corrected chi connectivity index (χ0v) is 12.4. The van der Waals surface area contributed by atoms with E-state index in [1.807, 2.05) is 18.2 Å². The summed E-state index contributed by atoms with van der Waals surface area (Å²) in [5, 5.41) is 13.3. The molecule has 0 amide bonds. The minimum Gasteiger partial charge on any atom is -0.497 e. The van der Waals surface area contributed by atoms with E-state index in [4.69, 9.17) is 9.47 Å². The Morgan fingerprint density at radius 3 is 2.55 bits per heavy atom. The van der Waals surface area contributed by atoms with E-state index >= 15 is 0 Å². The molecule has 1 aromatic rings. The van der Waals surface area contributed by atoms with E-state index < -0.39 is 0 Å². The summed E-state index contributed by atoms with van der Waals surface area (Å²) in [7, 11) is 3.30. The highest BCUT2D eigenvalue weighted by Crippen LogP contribution is 2.30. The molecule has 1 aliphatic rings. The van der Waals surface area contributed by atoms with Crippen molar-refractivity contribution in [3.05, 3.63) is 23.8 Å². The minimum atomic E-state index is -0.108. The van der Waals surface area contributed by atoms with Crippen molar-refractivity contribution in [2.75, 3.05) is 20.8 Å². The van der Waals surface area contributed by atoms with Crippen LogP contribution in [-0.2, 0) is 0 Å². The van der Waals surface area contributed by atoms with Crippen LogP contribution in [0.25, 0.3) is 0 Å². The zero-order valence-electron chi connectivity index (χ0n) is 12.4. The highest BCUT2D eigenvalue weighted by Gasteiger charge is 2.21. The van der Waals surface area contributed by atoms with Crippen molar-refractivity contribution < 1.29 is 14.6 Å². The molecule has 1 fully saturated rings. The van der Waals surface area contributed by atoms with Crippen molar-refractivity contribution >= 4 is 0 Å². The number of benzene rings is 1. The summed E-state index contributed by atoms with van der Waals surface area (Å²) < 4.78 is 10.7. The molecular formula is C16H25NO3. The van der Waals surface area contributed by atoms with Crippen molar-refractivity contribution in [2.24, 2.45) is 0 Å². The molecule has 0 aromatic heterocycles. The van der Waals surface area contributed by atoms with Crippen LogP contribution in [0.1, 0.15) is 43.7 Å². The lowest BCUT2D eigenvalue weighted by atomic mass is 9.94. The van der Waals surface area contributed by atoms with E-state index in [0.29, 0.717) is 6.04 Å². The maximum Gasteiger partial charge on any atom is 0.123 e. The lowest BCUT2D eigenvalue weighted by Gasteiger charge is -2.28. The zero-order chi connectivity index (χ0) is 14.4. The van der Waals surface area contributed by atoms with Crippen LogP contribution < -0.4 is 14.8 Å². The van der Waals surface area contributed by atoms with Crippen LogP contribution in [-0.4, -0.2) is 32.0 Å². The second-order valence-corrected chi connectivity index (χ2v) is 5.34. The predicted octanol–water partition coefficient (Wildman–Crippen LogP) is 2.66. The molecule has 1 unspecified atom stereocenters. The van der Waals surface area contributed by atoms with Gasteiger partial charge in [-0.05, 0) is 31.0 Å². The van der Waals surface area contributed by atoms with Gasteiger partial charge in [0, 0.05) is 11.6 Å². The van der Waals surface area contributed by atoms with Gasteiger partial charge in [0.25, 0.3) is 0 Å². The number of hydrogen-bond donors (Lipinski definition) is 2. The van der Waals surface area contributed by atoms with Crippen molar-refractivity contribution in [1.29, 1.82) is 0 Å². The molecule has 0 aliphatic heterocycles. The second kappa shape index (κ2) is 7.50. The summed E-state index contributed by atoms with van der Waals surface area (Å²) in [6, 6.07) is 6.08. The Bertz CT molecular complexity index is 416. The summed E-state index contributed by atoms with van der Waals surface area (Å²) in [5.74, 6) is 1.57. The number of nitrogens with one attached hydrogen (secondary N) is 1. The highest BCUT2D eigenvalue weighted by atomic mass is 16.5. The smallest absolute Gasteiger partial charge is 0.123 e. The highest BCUT2D eigenvalue weighted by molar-refractivity contribution is 5.42. The molecule has 2 N–H and O–H groups in total. The number of rotatable bonds is 6. The molecular weight excluding hydrogens is 254 g/mol. The monoisotopic (exact) mass is 279 g/mol. The largest absolute Gasteiger partial charge is 0.497 e. The molecule has 4 heteroatoms. The summed E-state index contributed by atoms with van der Waals surface area (Å²) >= 11 is 0. The molecule has 1 saturated carbocycles. The average Bonchev–Trinajstić information content (AvgIpc) is 2.53. The fourth-order valence-corrected chi connectivity index (χ4v) is 2.91. The first kappa shape index (κ1) is 15.1. The molecule has 0 bridgehead atoms. The molecule has 0 heterocycles. The topological polar surface area (TPSA) is 50.7 Å². The number of hydrogen-bond acceptors (Lipinski definition) is 4. The quantitative estimate of drug-likeness (QED) is 0.840. The number of aliphatic hydroxyl groups excluding tert-OH is 1. The summed E-state index contributed by atoms with van der Waals surface area (Å²) in [5.41, 5.74) is 0.958. The third-order valence-corrected chi connectivity index (χ3v) is 4.04. The molecule has 4 nitrogen and oxygen atoms in total. The normalized spacial score (nSPS) is 17.8. The third kappa shape index (κ3) is 3.64. The van der Waals surface area contributed by atoms with E-state index in [1.54, 1.807) is 14.2 Å². The van der Waals surface area contributed by atoms with Crippen molar-refractivity contribution in [1.82, 2.24) is 5.32 Å². The Labute approximate surface area is 121 Å². The van der Waals surface area contributed by atoms with Gasteiger partial charge < -0.3 is 19.9 Å². The molecule has 0 spiro atoms. The van der Waals surface area contributed by atoms with Crippen molar-refractivity contribution in [3.63, 3.8) is 0 Å². The Kier molecular flexibility index (Phi) is 5.68. The maximum absolute atomic E-state index is 9.73. The number of methoxy groups -OCH3 is 2. The Hall–Kier alpha value is -1.26. The molecule has 20 heavy (non-hydrogen) atoms. The fraction of sp³-hybridized carbons (Fsp3) is 0.625. The average molecular weight is 279 g/mol. The van der Waals surface area contributed by atoms with Gasteiger partial charge in [-0.3, -0.25) is 0 Å². The Balaban J connectivity index is 2.16. The van der Waals surface area contributed by atoms with E-state index in [1.165, 1.54) is 32.1 Å². The van der Waals surface area contributed by atoms with Gasteiger partial charge in [-0.25, -0.2) is 0 Å². The standard InChI is InChI=1S/C16H25NO3/c1-19-13-8-9-16(20-2)14(10-13)15(11-18)17-12-6-4-3-5-7-12/h8-10,12,15,17-18H,3-7,11H2,1-2H3. The van der Waals surface area contributed by atoms with E-state index in [9.17, 15) is 5.11 Å². The molecule has 0 radical (unpaired) electrons. The van der Waals surface area contributed by atoms with Gasteiger partial charge in [0.15, 0.2) is 0 Å². The molecule has 1 atom stereocenters. The number of aliphatic hydroxyl groups is 1. The third-order valence-electron chi connectivity index (χ3n) is 4.04. The van der Waals surface area contributed by atoms with Crippen LogP contribution in [0.4, 0.5) is 0 Å². The van der Waals surface area contributed by atoms with Gasteiger partial charge in [-0.15, -0.1) is 0 Å². The maximum atomic E-state index is 9.73. The van der Waals surface area contributed by atoms with Gasteiger partial charge in [-0.1, -0.05) is 19.3 Å². The minimum absolute atomic E-state index is 0.0556. The van der Waals surface area contributed by atoms with Gasteiger partial charge >= 0.3 is 0 Å². The Morgan fingerprint density at radius 2 is 1.95 bits per heavy atom. The predicted molar refractivity (Wildman–Crippen MR) is 79.4 cm³/mol. The lowest BCUT2D eigenvalue weighted by molar-refractivity contribution is 0.217. The van der Waals surface area contributed by atoms with Gasteiger partial charge in [-0.2, -0.15) is 0 Å². The summed E-state index contributed by atoms with van der Waals surface area (Å²) in [6.07, 6.45) is 6.23. The van der Waals surface area contributed by atoms with Crippen LogP contribution in [0, 0.1) is 0 Å². The first-order chi connectivity index (χ1) is 9.78. The van der Waals surface area contributed by atoms with E-state index in [2.05, 4.69) is 5.32 Å². The van der Waals surface area contributed by atoms with Crippen LogP contribution in [0.2, 0.25) is 0 Å². The first-order valence-corrected chi connectivity index (χ1v) is 7.37. The van der Waals surface area contributed by atoms with Crippen LogP contribution >= 0.6 is 0 Å². The Morgan fingerprint density at radius 1 is 1.20 bits per heavy atom. The van der Waals surface area contributed by atoms with Gasteiger partial charge in [0.05, 0.1) is 26.9 Å². The molecule has 112 valence electrons. The SMILES string of the molecule is COc1ccc(OC)c(C(CO)NC2CCCCC2)c1. The first-order valence-electron chi connectivity index (χ1n) is 7.37. The van der Waals surface area contributed by atoms with Crippen molar-refractivity contribution in [3.8, 4) is 11.5 Å². The molecule has 2 rings (SSSR count). The summed E-state index contributed by atoms with van der Waals surface area (Å²) in [6.45, 7) is 0.0556. The molecule has 1 aromatic carbocycles. The fourth-order valence-electron chi connectivity index (χ4n) is 2.91. The van der Waals surface area contributed by atoms with Crippen LogP contribution in [0.3, 0.4) is 0 Å².